The van der Waals surface area contributed by atoms with Crippen molar-refractivity contribution in [3.63, 3.8) is 0 Å². The van der Waals surface area contributed by atoms with Crippen molar-refractivity contribution >= 4 is 57.2 Å². The van der Waals surface area contributed by atoms with Gasteiger partial charge in [-0.1, -0.05) is 6.07 Å². The van der Waals surface area contributed by atoms with E-state index >= 15 is 0 Å². The quantitative estimate of drug-likeness (QED) is 0.619. The Morgan fingerprint density at radius 3 is 2.44 bits per heavy atom. The molecule has 5 rings (SSSR count). The van der Waals surface area contributed by atoms with Gasteiger partial charge < -0.3 is 10.1 Å². The second kappa shape index (κ2) is 10.2. The van der Waals surface area contributed by atoms with E-state index in [4.69, 9.17) is 4.74 Å². The molecule has 9 nitrogen and oxygen atoms in total. The van der Waals surface area contributed by atoms with E-state index in [0.717, 1.165) is 55.3 Å². The molecule has 1 aliphatic heterocycles. The van der Waals surface area contributed by atoms with Crippen molar-refractivity contribution in [1.82, 2.24) is 14.5 Å². The Balaban J connectivity index is 0.00000274. The molecule has 1 fully saturated rings. The zero-order valence-corrected chi connectivity index (χ0v) is 23.0. The maximum absolute atomic E-state index is 13.5. The van der Waals surface area contributed by atoms with E-state index in [-0.39, 0.29) is 41.7 Å². The maximum Gasteiger partial charge on any atom is 0.334 e. The molecule has 0 unspecified atom stereocenters. The Morgan fingerprint density at radius 1 is 1.18 bits per heavy atom. The fraction of sp³-hybridized carbons (Fsp3) is 0.565. The number of hydrogen-bond acceptors (Lipinski definition) is 5. The van der Waals surface area contributed by atoms with Gasteiger partial charge in [0.2, 0.25) is 0 Å². The molecule has 2 atom stereocenters. The molecule has 1 radical (unpaired) electrons. The number of rotatable bonds is 5. The number of hydrogen-bond donors (Lipinski definition) is 2. The number of ether oxygens (including phenoxy) is 1. The van der Waals surface area contributed by atoms with E-state index in [2.05, 4.69) is 21.2 Å². The number of amides is 2. The Bertz CT molecular complexity index is 1150. The van der Waals surface area contributed by atoms with Crippen molar-refractivity contribution in [2.45, 2.75) is 70.4 Å². The molecule has 179 valence electrons. The van der Waals surface area contributed by atoms with Crippen molar-refractivity contribution in [3.8, 4) is 0 Å². The number of carbonyl (C=O) groups excluding carboxylic acids is 1. The third-order valence-electron chi connectivity index (χ3n) is 6.93. The van der Waals surface area contributed by atoms with Crippen LogP contribution in [0.1, 0.15) is 54.9 Å². The van der Waals surface area contributed by atoms with E-state index in [1.165, 1.54) is 21.6 Å². The predicted octanol–water partition coefficient (Wildman–Crippen LogP) is 2.46. The number of fused-ring (bicyclic) bond motifs is 2. The Morgan fingerprint density at radius 2 is 1.85 bits per heavy atom. The van der Waals surface area contributed by atoms with E-state index < -0.39 is 16.2 Å². The summed E-state index contributed by atoms with van der Waals surface area (Å²) in [5, 5.41) is 7.06. The topological polar surface area (TPSA) is 106 Å². The summed E-state index contributed by atoms with van der Waals surface area (Å²) >= 11 is 0. The number of carbonyl (C=O) groups is 1. The van der Waals surface area contributed by atoms with Crippen LogP contribution in [0.3, 0.4) is 0 Å². The largest absolute Gasteiger partial charge is 0.378 e. The summed E-state index contributed by atoms with van der Waals surface area (Å²) < 4.78 is 37.7. The monoisotopic (exact) mass is 496 g/mol. The van der Waals surface area contributed by atoms with E-state index in [1.807, 2.05) is 6.92 Å². The molecule has 3 aliphatic rings. The van der Waals surface area contributed by atoms with Crippen LogP contribution in [0.15, 0.2) is 18.5 Å². The van der Waals surface area contributed by atoms with Crippen LogP contribution < -0.4 is 14.3 Å². The van der Waals surface area contributed by atoms with Crippen LogP contribution in [0, 0.1) is 0 Å². The van der Waals surface area contributed by atoms with Crippen LogP contribution in [0.4, 0.5) is 16.2 Å². The SMILES string of the molecule is C[C@H]1C[C@H](N(c2cnn(C)c2)S(=O)(=O)NC(=O)Nc2c3c(cc4c2CCC4)CCC3)CCO1.[Na]. The normalized spacial score (nSPS) is 21.4. The van der Waals surface area contributed by atoms with Gasteiger partial charge in [-0.3, -0.25) is 4.68 Å². The predicted molar refractivity (Wildman–Crippen MR) is 131 cm³/mol. The molecule has 0 saturated carbocycles. The summed E-state index contributed by atoms with van der Waals surface area (Å²) in [6.45, 7) is 2.39. The summed E-state index contributed by atoms with van der Waals surface area (Å²) in [5.41, 5.74) is 6.12. The average Bonchev–Trinajstić information content (AvgIpc) is 3.48. The van der Waals surface area contributed by atoms with Gasteiger partial charge >= 0.3 is 16.2 Å². The Labute approximate surface area is 223 Å². The summed E-state index contributed by atoms with van der Waals surface area (Å²) in [6.07, 6.45) is 10.1. The molecule has 2 amide bonds. The van der Waals surface area contributed by atoms with Gasteiger partial charge in [0.1, 0.15) is 0 Å². The van der Waals surface area contributed by atoms with Gasteiger partial charge in [-0.2, -0.15) is 13.5 Å². The molecule has 34 heavy (non-hydrogen) atoms. The Kier molecular flexibility index (Phi) is 7.64. The van der Waals surface area contributed by atoms with E-state index in [0.29, 0.717) is 25.1 Å². The fourth-order valence-corrected chi connectivity index (χ4v) is 6.87. The number of aromatic nitrogens is 2. The summed E-state index contributed by atoms with van der Waals surface area (Å²) in [7, 11) is -2.44. The number of nitrogens with zero attached hydrogens (tertiary/aromatic N) is 3. The molecule has 2 heterocycles. The van der Waals surface area contributed by atoms with Crippen molar-refractivity contribution in [3.05, 3.63) is 40.7 Å². The van der Waals surface area contributed by atoms with Gasteiger partial charge in [0.25, 0.3) is 0 Å². The summed E-state index contributed by atoms with van der Waals surface area (Å²) in [6, 6.07) is 1.23. The van der Waals surface area contributed by atoms with Gasteiger partial charge in [0.05, 0.1) is 24.0 Å². The summed E-state index contributed by atoms with van der Waals surface area (Å²) in [5.74, 6) is 0. The van der Waals surface area contributed by atoms with Crippen LogP contribution in [-0.2, 0) is 47.7 Å². The molecule has 2 aromatic rings. The molecular formula is C23H31N5NaO4S. The van der Waals surface area contributed by atoms with Crippen LogP contribution in [0.5, 0.6) is 0 Å². The molecule has 11 heteroatoms. The number of aryl methyl sites for hydroxylation is 3. The van der Waals surface area contributed by atoms with Crippen molar-refractivity contribution < 1.29 is 17.9 Å². The first-order valence-electron chi connectivity index (χ1n) is 11.7. The van der Waals surface area contributed by atoms with Crippen LogP contribution in [0.2, 0.25) is 0 Å². The third kappa shape index (κ3) is 5.02. The van der Waals surface area contributed by atoms with Crippen molar-refractivity contribution in [1.29, 1.82) is 0 Å². The van der Waals surface area contributed by atoms with E-state index in [9.17, 15) is 13.2 Å². The smallest absolute Gasteiger partial charge is 0.334 e. The standard InChI is InChI=1S/C23H31N5O4S.Na/c1-15-11-18(9-10-32-15)28(19-13-24-27(2)14-19)33(30,31)26-23(29)25-22-20-7-3-5-16(20)12-17-6-4-8-21(17)22;/h12-15,18H,3-11H2,1-2H3,(H2,25,26,29);/t15-,18+;/m0./s1. The van der Waals surface area contributed by atoms with Crippen molar-refractivity contribution in [2.75, 3.05) is 16.2 Å². The molecule has 0 bridgehead atoms. The second-order valence-electron chi connectivity index (χ2n) is 9.32. The van der Waals surface area contributed by atoms with Gasteiger partial charge in [-0.05, 0) is 80.5 Å². The number of urea groups is 1. The first kappa shape index (κ1) is 25.5. The van der Waals surface area contributed by atoms with Crippen LogP contribution >= 0.6 is 0 Å². The van der Waals surface area contributed by atoms with Gasteiger partial charge in [-0.25, -0.2) is 13.8 Å². The van der Waals surface area contributed by atoms with Gasteiger partial charge in [-0.15, -0.1) is 0 Å². The average molecular weight is 497 g/mol. The number of nitrogens with one attached hydrogen (secondary N) is 2. The minimum atomic E-state index is -4.17. The molecule has 1 saturated heterocycles. The zero-order chi connectivity index (χ0) is 23.2. The van der Waals surface area contributed by atoms with Gasteiger partial charge in [0.15, 0.2) is 0 Å². The second-order valence-corrected chi connectivity index (χ2v) is 10.9. The fourth-order valence-electron chi connectivity index (χ4n) is 5.53. The molecule has 2 aliphatic carbocycles. The molecule has 2 N–H and O–H groups in total. The minimum Gasteiger partial charge on any atom is -0.378 e. The van der Waals surface area contributed by atoms with Crippen LogP contribution in [-0.4, -0.2) is 72.5 Å². The maximum atomic E-state index is 13.5. The van der Waals surface area contributed by atoms with Gasteiger partial charge in [0, 0.05) is 55.1 Å². The molecular weight excluding hydrogens is 465 g/mol. The minimum absolute atomic E-state index is 0. The first-order valence-corrected chi connectivity index (χ1v) is 13.2. The van der Waals surface area contributed by atoms with E-state index in [1.54, 1.807) is 17.9 Å². The molecule has 0 spiro atoms. The zero-order valence-electron chi connectivity index (χ0n) is 20.1. The van der Waals surface area contributed by atoms with Crippen molar-refractivity contribution in [2.24, 2.45) is 7.05 Å². The van der Waals surface area contributed by atoms with Crippen LogP contribution in [0.25, 0.3) is 0 Å². The summed E-state index contributed by atoms with van der Waals surface area (Å²) in [4.78, 5) is 13.0. The first-order chi connectivity index (χ1) is 15.8. The molecule has 1 aromatic carbocycles. The number of benzene rings is 1. The Hall–Kier alpha value is -1.59. The third-order valence-corrected chi connectivity index (χ3v) is 8.40. The number of anilines is 2. The molecule has 1 aromatic heterocycles.